The Morgan fingerprint density at radius 2 is 1.89 bits per heavy atom. The second kappa shape index (κ2) is 8.03. The predicted molar refractivity (Wildman–Crippen MR) is 86.9 cm³/mol. The van der Waals surface area contributed by atoms with Crippen molar-refractivity contribution in [3.8, 4) is 0 Å². The Kier molecular flexibility index (Phi) is 7.87. The molecule has 0 fully saturated rings. The lowest BCUT2D eigenvalue weighted by Crippen LogP contribution is -2.41. The van der Waals surface area contributed by atoms with Crippen LogP contribution in [0.1, 0.15) is 41.0 Å². The highest BCUT2D eigenvalue weighted by Crippen LogP contribution is 2.36. The summed E-state index contributed by atoms with van der Waals surface area (Å²) in [4.78, 5) is 0. The second-order valence-electron chi connectivity index (χ2n) is 7.01. The van der Waals surface area contributed by atoms with Gasteiger partial charge < -0.3 is 9.53 Å². The van der Waals surface area contributed by atoms with E-state index in [0.717, 1.165) is 18.6 Å². The van der Waals surface area contributed by atoms with Crippen LogP contribution in [0.4, 0.5) is 0 Å². The number of aliphatic hydroxyl groups excluding tert-OH is 1. The molecule has 0 aromatic carbocycles. The van der Waals surface area contributed by atoms with Gasteiger partial charge in [-0.1, -0.05) is 45.9 Å². The maximum absolute atomic E-state index is 8.88. The minimum absolute atomic E-state index is 0.133. The first-order valence-electron chi connectivity index (χ1n) is 7.17. The lowest BCUT2D eigenvalue weighted by atomic mass is 10.1. The summed E-state index contributed by atoms with van der Waals surface area (Å²) < 4.78 is 6.20. The van der Waals surface area contributed by atoms with Crippen molar-refractivity contribution in [1.82, 2.24) is 0 Å². The number of allylic oxidation sites excluding steroid dienone is 3. The maximum Gasteiger partial charge on any atom is 0.191 e. The topological polar surface area (TPSA) is 29.5 Å². The van der Waals surface area contributed by atoms with E-state index in [1.54, 1.807) is 0 Å². The first kappa shape index (κ1) is 18.6. The molecule has 0 heterocycles. The Labute approximate surface area is 120 Å². The molecular weight excluding hydrogens is 252 g/mol. The first-order chi connectivity index (χ1) is 8.60. The van der Waals surface area contributed by atoms with Crippen LogP contribution in [0.15, 0.2) is 23.8 Å². The largest absolute Gasteiger partial charge is 0.417 e. The van der Waals surface area contributed by atoms with Crippen LogP contribution in [0.2, 0.25) is 18.1 Å². The molecule has 0 saturated carbocycles. The van der Waals surface area contributed by atoms with E-state index >= 15 is 0 Å². The number of hydrogen-bond donors (Lipinski definition) is 1. The molecule has 19 heavy (non-hydrogen) atoms. The van der Waals surface area contributed by atoms with Crippen molar-refractivity contribution in [2.75, 3.05) is 13.2 Å². The summed E-state index contributed by atoms with van der Waals surface area (Å²) in [5, 5.41) is 9.16. The lowest BCUT2D eigenvalue weighted by molar-refractivity contribution is 0.238. The lowest BCUT2D eigenvalue weighted by Gasteiger charge is -2.36. The first-order valence-corrected chi connectivity index (χ1v) is 10.1. The maximum atomic E-state index is 8.88. The van der Waals surface area contributed by atoms with E-state index < -0.39 is 8.32 Å². The number of aliphatic hydroxyl groups is 1. The van der Waals surface area contributed by atoms with Gasteiger partial charge in [0, 0.05) is 6.61 Å². The highest BCUT2D eigenvalue weighted by Gasteiger charge is 2.37. The van der Waals surface area contributed by atoms with E-state index in [1.807, 2.05) is 19.1 Å². The van der Waals surface area contributed by atoms with Crippen LogP contribution < -0.4 is 0 Å². The molecule has 1 atom stereocenters. The second-order valence-corrected chi connectivity index (χ2v) is 11.8. The molecule has 112 valence electrons. The summed E-state index contributed by atoms with van der Waals surface area (Å²) >= 11 is 0. The Morgan fingerprint density at radius 1 is 1.32 bits per heavy atom. The Bertz CT molecular complexity index is 311. The Hall–Kier alpha value is -0.383. The average Bonchev–Trinajstić information content (AvgIpc) is 2.30. The van der Waals surface area contributed by atoms with E-state index in [1.165, 1.54) is 0 Å². The SMILES string of the molecule is C/C(=C\C=C\C[C@@H](C)CO[Si](C)(C)C(C)(C)C)CO. The third-order valence-corrected chi connectivity index (χ3v) is 8.34. The van der Waals surface area contributed by atoms with Gasteiger partial charge in [0.1, 0.15) is 0 Å². The molecule has 0 aliphatic rings. The van der Waals surface area contributed by atoms with Crippen molar-refractivity contribution in [3.63, 3.8) is 0 Å². The molecule has 0 saturated heterocycles. The molecular formula is C16H32O2Si. The number of hydrogen-bond acceptors (Lipinski definition) is 2. The molecule has 0 unspecified atom stereocenters. The molecule has 0 radical (unpaired) electrons. The zero-order valence-electron chi connectivity index (χ0n) is 13.8. The van der Waals surface area contributed by atoms with E-state index in [0.29, 0.717) is 5.92 Å². The van der Waals surface area contributed by atoms with Crippen molar-refractivity contribution >= 4 is 8.32 Å². The van der Waals surface area contributed by atoms with E-state index in [9.17, 15) is 0 Å². The quantitative estimate of drug-likeness (QED) is 0.550. The van der Waals surface area contributed by atoms with Crippen LogP contribution >= 0.6 is 0 Å². The molecule has 0 amide bonds. The summed E-state index contributed by atoms with van der Waals surface area (Å²) in [5.74, 6) is 0.535. The molecule has 1 N–H and O–H groups in total. The predicted octanol–water partition coefficient (Wildman–Crippen LogP) is 4.53. The van der Waals surface area contributed by atoms with Crippen LogP contribution in [0.3, 0.4) is 0 Å². The summed E-state index contributed by atoms with van der Waals surface area (Å²) in [6.07, 6.45) is 7.15. The summed E-state index contributed by atoms with van der Waals surface area (Å²) in [6.45, 7) is 16.5. The third-order valence-electron chi connectivity index (χ3n) is 3.84. The molecule has 3 heteroatoms. The zero-order valence-corrected chi connectivity index (χ0v) is 14.8. The monoisotopic (exact) mass is 284 g/mol. The van der Waals surface area contributed by atoms with Crippen LogP contribution in [-0.4, -0.2) is 26.6 Å². The van der Waals surface area contributed by atoms with Gasteiger partial charge in [-0.15, -0.1) is 0 Å². The molecule has 2 nitrogen and oxygen atoms in total. The van der Waals surface area contributed by atoms with Gasteiger partial charge in [0.05, 0.1) is 6.61 Å². The standard InChI is InChI=1S/C16H32O2Si/c1-14(12-17)10-8-9-11-15(2)13-18-19(6,7)16(3,4)5/h8-10,15,17H,11-13H2,1-7H3/b9-8+,14-10+/t15-/m1/s1. The summed E-state index contributed by atoms with van der Waals surface area (Å²) in [5.41, 5.74) is 0.987. The molecule has 0 aromatic rings. The van der Waals surface area contributed by atoms with Gasteiger partial charge >= 0.3 is 0 Å². The Balaban J connectivity index is 4.11. The molecule has 0 aromatic heterocycles. The van der Waals surface area contributed by atoms with Gasteiger partial charge in [0.2, 0.25) is 0 Å². The van der Waals surface area contributed by atoms with Gasteiger partial charge in [-0.25, -0.2) is 0 Å². The van der Waals surface area contributed by atoms with Gasteiger partial charge in [0.25, 0.3) is 0 Å². The molecule has 0 bridgehead atoms. The zero-order chi connectivity index (χ0) is 15.1. The normalized spacial score (nSPS) is 16.1. The van der Waals surface area contributed by atoms with E-state index in [-0.39, 0.29) is 11.6 Å². The molecule has 0 spiro atoms. The van der Waals surface area contributed by atoms with Crippen LogP contribution in [-0.2, 0) is 4.43 Å². The fourth-order valence-corrected chi connectivity index (χ4v) is 2.37. The average molecular weight is 285 g/mol. The fourth-order valence-electron chi connectivity index (χ4n) is 1.23. The minimum Gasteiger partial charge on any atom is -0.417 e. The van der Waals surface area contributed by atoms with Crippen molar-refractivity contribution in [3.05, 3.63) is 23.8 Å². The van der Waals surface area contributed by atoms with E-state index in [2.05, 4.69) is 46.9 Å². The molecule has 0 rings (SSSR count). The van der Waals surface area contributed by atoms with Crippen LogP contribution in [0.25, 0.3) is 0 Å². The van der Waals surface area contributed by atoms with Crippen molar-refractivity contribution < 1.29 is 9.53 Å². The smallest absolute Gasteiger partial charge is 0.191 e. The van der Waals surface area contributed by atoms with Crippen LogP contribution in [0.5, 0.6) is 0 Å². The third kappa shape index (κ3) is 7.70. The number of rotatable bonds is 7. The van der Waals surface area contributed by atoms with Crippen molar-refractivity contribution in [1.29, 1.82) is 0 Å². The van der Waals surface area contributed by atoms with E-state index in [4.69, 9.17) is 9.53 Å². The molecule has 0 aliphatic carbocycles. The minimum atomic E-state index is -1.61. The highest BCUT2D eigenvalue weighted by molar-refractivity contribution is 6.74. The summed E-state index contributed by atoms with van der Waals surface area (Å²) in [6, 6.07) is 0. The van der Waals surface area contributed by atoms with Crippen LogP contribution in [0, 0.1) is 5.92 Å². The molecule has 0 aliphatic heterocycles. The van der Waals surface area contributed by atoms with Gasteiger partial charge in [-0.2, -0.15) is 0 Å². The van der Waals surface area contributed by atoms with Gasteiger partial charge in [0.15, 0.2) is 8.32 Å². The van der Waals surface area contributed by atoms with Crippen molar-refractivity contribution in [2.24, 2.45) is 5.92 Å². The fraction of sp³-hybridized carbons (Fsp3) is 0.750. The van der Waals surface area contributed by atoms with Gasteiger partial charge in [-0.05, 0) is 43.0 Å². The Morgan fingerprint density at radius 3 is 2.37 bits per heavy atom. The van der Waals surface area contributed by atoms with Crippen molar-refractivity contribution in [2.45, 2.75) is 59.2 Å². The highest BCUT2D eigenvalue weighted by atomic mass is 28.4. The summed E-state index contributed by atoms with van der Waals surface area (Å²) in [7, 11) is -1.61. The van der Waals surface area contributed by atoms with Gasteiger partial charge in [-0.3, -0.25) is 0 Å².